The van der Waals surface area contributed by atoms with Gasteiger partial charge in [0, 0.05) is 24.4 Å². The van der Waals surface area contributed by atoms with Crippen molar-refractivity contribution in [1.29, 1.82) is 0 Å². The fraction of sp³-hybridized carbons (Fsp3) is 0.350. The van der Waals surface area contributed by atoms with Gasteiger partial charge in [0.05, 0.1) is 11.4 Å². The van der Waals surface area contributed by atoms with Gasteiger partial charge in [-0.2, -0.15) is 0 Å². The number of amides is 2. The maximum atomic E-state index is 12.1. The molecule has 0 unspecified atom stereocenters. The number of anilines is 2. The summed E-state index contributed by atoms with van der Waals surface area (Å²) in [6.45, 7) is 1.52. The van der Waals surface area contributed by atoms with Gasteiger partial charge in [-0.05, 0) is 31.1 Å². The average molecular weight is 369 g/mol. The number of hydrogen-bond donors (Lipinski definition) is 1. The number of carbonyl (C=O) groups is 2. The van der Waals surface area contributed by atoms with Gasteiger partial charge in [-0.1, -0.05) is 37.5 Å². The van der Waals surface area contributed by atoms with Crippen molar-refractivity contribution in [2.45, 2.75) is 45.1 Å². The summed E-state index contributed by atoms with van der Waals surface area (Å²) in [6, 6.07) is 9.71. The molecule has 2 aromatic rings. The number of hydrogen-bond acceptors (Lipinski definition) is 4. The van der Waals surface area contributed by atoms with E-state index >= 15 is 0 Å². The van der Waals surface area contributed by atoms with Gasteiger partial charge in [0.1, 0.15) is 0 Å². The molecule has 0 atom stereocenters. The number of rotatable bonds is 5. The Morgan fingerprint density at radius 2 is 1.92 bits per heavy atom. The van der Waals surface area contributed by atoms with Gasteiger partial charge in [-0.3, -0.25) is 14.5 Å². The predicted molar refractivity (Wildman–Crippen MR) is 105 cm³/mol. The van der Waals surface area contributed by atoms with Crippen LogP contribution in [-0.2, 0) is 9.59 Å². The van der Waals surface area contributed by atoms with Gasteiger partial charge in [-0.15, -0.1) is 11.3 Å². The highest BCUT2D eigenvalue weighted by molar-refractivity contribution is 7.14. The molecular weight excluding hydrogens is 346 g/mol. The predicted octanol–water partition coefficient (Wildman–Crippen LogP) is 4.29. The third kappa shape index (κ3) is 4.79. The van der Waals surface area contributed by atoms with Crippen LogP contribution in [0.2, 0.25) is 0 Å². The molecule has 2 amide bonds. The van der Waals surface area contributed by atoms with E-state index in [-0.39, 0.29) is 17.9 Å². The summed E-state index contributed by atoms with van der Waals surface area (Å²) < 4.78 is 0. The molecule has 3 rings (SSSR count). The van der Waals surface area contributed by atoms with Gasteiger partial charge < -0.3 is 5.32 Å². The molecule has 136 valence electrons. The van der Waals surface area contributed by atoms with E-state index in [9.17, 15) is 9.59 Å². The molecule has 0 aliphatic heterocycles. The molecule has 0 spiro atoms. The molecule has 0 saturated heterocycles. The number of benzene rings is 1. The summed E-state index contributed by atoms with van der Waals surface area (Å²) in [5.74, 6) is -0.186. The van der Waals surface area contributed by atoms with Crippen LogP contribution in [0.15, 0.2) is 41.8 Å². The minimum absolute atomic E-state index is 0.0852. The third-order valence-corrected chi connectivity index (χ3v) is 5.23. The van der Waals surface area contributed by atoms with Crippen molar-refractivity contribution in [2.24, 2.45) is 0 Å². The van der Waals surface area contributed by atoms with Gasteiger partial charge in [0.25, 0.3) is 0 Å². The summed E-state index contributed by atoms with van der Waals surface area (Å²) >= 11 is 1.38. The normalized spacial score (nSPS) is 15.1. The second-order valence-electron chi connectivity index (χ2n) is 6.42. The second kappa shape index (κ2) is 8.76. The van der Waals surface area contributed by atoms with E-state index in [1.807, 2.05) is 35.7 Å². The average Bonchev–Trinajstić information content (AvgIpc) is 3.10. The van der Waals surface area contributed by atoms with Crippen LogP contribution >= 0.6 is 11.3 Å². The Hall–Kier alpha value is -2.47. The molecular formula is C20H23N3O2S. The number of carbonyl (C=O) groups excluding carboxylic acids is 2. The van der Waals surface area contributed by atoms with Crippen molar-refractivity contribution in [3.8, 4) is 0 Å². The maximum Gasteiger partial charge on any atom is 0.244 e. The van der Waals surface area contributed by atoms with Crippen molar-refractivity contribution < 1.29 is 9.59 Å². The Bertz CT molecular complexity index is 779. The first kappa shape index (κ1) is 18.3. The van der Waals surface area contributed by atoms with Gasteiger partial charge in [0.15, 0.2) is 5.13 Å². The van der Waals surface area contributed by atoms with Crippen LogP contribution in [-0.4, -0.2) is 22.8 Å². The zero-order chi connectivity index (χ0) is 18.4. The van der Waals surface area contributed by atoms with Gasteiger partial charge in [0.2, 0.25) is 11.8 Å². The summed E-state index contributed by atoms with van der Waals surface area (Å²) in [7, 11) is 0. The van der Waals surface area contributed by atoms with Crippen molar-refractivity contribution >= 4 is 40.0 Å². The Morgan fingerprint density at radius 3 is 2.62 bits per heavy atom. The smallest absolute Gasteiger partial charge is 0.244 e. The highest BCUT2D eigenvalue weighted by atomic mass is 32.1. The Morgan fingerprint density at radius 1 is 1.19 bits per heavy atom. The number of para-hydroxylation sites is 1. The number of aromatic nitrogens is 1. The van der Waals surface area contributed by atoms with Crippen molar-refractivity contribution in [3.05, 3.63) is 47.5 Å². The number of thiazole rings is 1. The molecule has 1 fully saturated rings. The molecule has 1 aliphatic carbocycles. The van der Waals surface area contributed by atoms with Crippen LogP contribution in [0.5, 0.6) is 0 Å². The maximum absolute atomic E-state index is 12.1. The molecule has 1 N–H and O–H groups in total. The van der Waals surface area contributed by atoms with Crippen molar-refractivity contribution in [3.63, 3.8) is 0 Å². The summed E-state index contributed by atoms with van der Waals surface area (Å²) in [4.78, 5) is 30.2. The molecule has 26 heavy (non-hydrogen) atoms. The summed E-state index contributed by atoms with van der Waals surface area (Å²) in [5.41, 5.74) is 1.45. The third-order valence-electron chi connectivity index (χ3n) is 4.39. The van der Waals surface area contributed by atoms with Crippen molar-refractivity contribution in [1.82, 2.24) is 10.3 Å². The highest BCUT2D eigenvalue weighted by Gasteiger charge is 2.17. The molecule has 1 saturated carbocycles. The second-order valence-corrected chi connectivity index (χ2v) is 7.26. The lowest BCUT2D eigenvalue weighted by Gasteiger charge is -2.21. The zero-order valence-electron chi connectivity index (χ0n) is 14.9. The van der Waals surface area contributed by atoms with E-state index < -0.39 is 0 Å². The Balaban J connectivity index is 1.66. The fourth-order valence-corrected chi connectivity index (χ4v) is 3.97. The zero-order valence-corrected chi connectivity index (χ0v) is 15.7. The van der Waals surface area contributed by atoms with Crippen LogP contribution in [0.25, 0.3) is 6.08 Å². The molecule has 5 nitrogen and oxygen atoms in total. The minimum atomic E-state index is -0.101. The lowest BCUT2D eigenvalue weighted by atomic mass is 9.95. The van der Waals surface area contributed by atoms with Crippen LogP contribution in [0.3, 0.4) is 0 Å². The molecule has 1 aliphatic rings. The van der Waals surface area contributed by atoms with E-state index in [4.69, 9.17) is 0 Å². The quantitative estimate of drug-likeness (QED) is 0.800. The van der Waals surface area contributed by atoms with Gasteiger partial charge in [-0.25, -0.2) is 4.98 Å². The lowest BCUT2D eigenvalue weighted by Crippen LogP contribution is -2.34. The molecule has 1 heterocycles. The van der Waals surface area contributed by atoms with E-state index in [1.54, 1.807) is 11.0 Å². The minimum Gasteiger partial charge on any atom is -0.350 e. The Labute approximate surface area is 157 Å². The van der Waals surface area contributed by atoms with E-state index in [2.05, 4.69) is 10.3 Å². The topological polar surface area (TPSA) is 62.3 Å². The summed E-state index contributed by atoms with van der Waals surface area (Å²) in [5, 5.41) is 5.49. The number of nitrogens with one attached hydrogen (secondary N) is 1. The Kier molecular flexibility index (Phi) is 6.17. The molecule has 0 bridgehead atoms. The fourth-order valence-electron chi connectivity index (χ4n) is 3.12. The monoisotopic (exact) mass is 369 g/mol. The van der Waals surface area contributed by atoms with Crippen molar-refractivity contribution in [2.75, 3.05) is 4.90 Å². The van der Waals surface area contributed by atoms with Gasteiger partial charge >= 0.3 is 0 Å². The lowest BCUT2D eigenvalue weighted by molar-refractivity contribution is -0.117. The van der Waals surface area contributed by atoms with E-state index in [0.29, 0.717) is 10.8 Å². The van der Waals surface area contributed by atoms with Crippen LogP contribution in [0.4, 0.5) is 10.8 Å². The first-order valence-electron chi connectivity index (χ1n) is 8.93. The molecule has 6 heteroatoms. The largest absolute Gasteiger partial charge is 0.350 e. The van der Waals surface area contributed by atoms with Crippen LogP contribution in [0, 0.1) is 0 Å². The first-order chi connectivity index (χ1) is 12.6. The van der Waals surface area contributed by atoms with Crippen LogP contribution < -0.4 is 10.2 Å². The molecule has 1 aromatic carbocycles. The first-order valence-corrected chi connectivity index (χ1v) is 9.81. The molecule has 1 aromatic heterocycles. The van der Waals surface area contributed by atoms with E-state index in [1.165, 1.54) is 43.6 Å². The van der Waals surface area contributed by atoms with E-state index in [0.717, 1.165) is 18.5 Å². The summed E-state index contributed by atoms with van der Waals surface area (Å²) in [6.07, 6.45) is 8.97. The SMILES string of the molecule is CC(=O)N(c1ccccc1)c1nc(C=CC(=O)NC2CCCCC2)cs1. The molecule has 0 radical (unpaired) electrons. The van der Waals surface area contributed by atoms with Crippen LogP contribution in [0.1, 0.15) is 44.7 Å². The highest BCUT2D eigenvalue weighted by Crippen LogP contribution is 2.29. The number of nitrogens with zero attached hydrogens (tertiary/aromatic N) is 2. The standard InChI is InChI=1S/C20H23N3O2S/c1-15(24)23(18-10-6-3-7-11-18)20-22-17(14-26-20)12-13-19(25)21-16-8-4-2-5-9-16/h3,6-7,10-14,16H,2,4-5,8-9H2,1H3,(H,21,25).